The van der Waals surface area contributed by atoms with Gasteiger partial charge in [0.1, 0.15) is 4.90 Å². The maximum absolute atomic E-state index is 12.8. The quantitative estimate of drug-likeness (QED) is 0.829. The highest BCUT2D eigenvalue weighted by atomic mass is 32.2. The molecule has 1 atom stereocenters. The largest absolute Gasteiger partial charge is 0.384 e. The first-order valence-electron chi connectivity index (χ1n) is 7.39. The molecule has 21 heavy (non-hydrogen) atoms. The third-order valence-electron chi connectivity index (χ3n) is 3.55. The van der Waals surface area contributed by atoms with Crippen LogP contribution in [-0.4, -0.2) is 50.1 Å². The minimum absolute atomic E-state index is 0.000944. The molecule has 0 spiro atoms. The Morgan fingerprint density at radius 1 is 1.48 bits per heavy atom. The molecule has 1 aliphatic rings. The Morgan fingerprint density at radius 2 is 2.29 bits per heavy atom. The molecule has 118 valence electrons. The summed E-state index contributed by atoms with van der Waals surface area (Å²) >= 11 is 0. The van der Waals surface area contributed by atoms with Crippen molar-refractivity contribution in [3.63, 3.8) is 0 Å². The van der Waals surface area contributed by atoms with Gasteiger partial charge in [0.05, 0.1) is 11.8 Å². The molecule has 0 radical (unpaired) electrons. The van der Waals surface area contributed by atoms with Crippen LogP contribution in [0.5, 0.6) is 0 Å². The summed E-state index contributed by atoms with van der Waals surface area (Å²) in [5.74, 6) is 0. The lowest BCUT2D eigenvalue weighted by atomic mass is 10.2. The van der Waals surface area contributed by atoms with E-state index in [1.54, 1.807) is 12.3 Å². The molecule has 1 unspecified atom stereocenters. The summed E-state index contributed by atoms with van der Waals surface area (Å²) < 4.78 is 32.7. The number of anilines is 1. The molecule has 1 aliphatic heterocycles. The molecule has 0 aliphatic carbocycles. The number of ether oxygens (including phenoxy) is 1. The highest BCUT2D eigenvalue weighted by Crippen LogP contribution is 2.25. The molecule has 0 saturated carbocycles. The summed E-state index contributed by atoms with van der Waals surface area (Å²) in [5.41, 5.74) is 0.596. The fourth-order valence-electron chi connectivity index (χ4n) is 2.47. The van der Waals surface area contributed by atoms with Crippen LogP contribution in [-0.2, 0) is 14.8 Å². The summed E-state index contributed by atoms with van der Waals surface area (Å²) in [5, 5.41) is 3.08. The van der Waals surface area contributed by atoms with Gasteiger partial charge in [0, 0.05) is 38.6 Å². The highest BCUT2D eigenvalue weighted by molar-refractivity contribution is 7.89. The summed E-state index contributed by atoms with van der Waals surface area (Å²) in [7, 11) is -3.56. The average Bonchev–Trinajstić information content (AvgIpc) is 2.98. The second-order valence-corrected chi connectivity index (χ2v) is 6.90. The summed E-state index contributed by atoms with van der Waals surface area (Å²) in [6.45, 7) is 5.97. The van der Waals surface area contributed by atoms with E-state index in [2.05, 4.69) is 10.3 Å². The molecule has 1 saturated heterocycles. The van der Waals surface area contributed by atoms with Gasteiger partial charge in [0.15, 0.2) is 0 Å². The van der Waals surface area contributed by atoms with Crippen molar-refractivity contribution in [2.24, 2.45) is 0 Å². The number of sulfonamides is 1. The molecule has 0 amide bonds. The zero-order valence-electron chi connectivity index (χ0n) is 12.6. The number of rotatable bonds is 7. The van der Waals surface area contributed by atoms with Gasteiger partial charge in [-0.1, -0.05) is 6.92 Å². The van der Waals surface area contributed by atoms with Crippen LogP contribution in [0.3, 0.4) is 0 Å². The van der Waals surface area contributed by atoms with Crippen LogP contribution in [0.4, 0.5) is 5.69 Å². The van der Waals surface area contributed by atoms with Crippen molar-refractivity contribution in [2.45, 2.75) is 37.7 Å². The first-order chi connectivity index (χ1) is 10.1. The van der Waals surface area contributed by atoms with Gasteiger partial charge in [-0.2, -0.15) is 4.31 Å². The predicted molar refractivity (Wildman–Crippen MR) is 81.8 cm³/mol. The number of aromatic nitrogens is 1. The van der Waals surface area contributed by atoms with E-state index in [1.165, 1.54) is 10.5 Å². The van der Waals surface area contributed by atoms with E-state index in [-0.39, 0.29) is 11.0 Å². The molecule has 2 rings (SSSR count). The van der Waals surface area contributed by atoms with Crippen LogP contribution in [0.2, 0.25) is 0 Å². The van der Waals surface area contributed by atoms with Crippen LogP contribution in [0.15, 0.2) is 23.4 Å². The van der Waals surface area contributed by atoms with E-state index >= 15 is 0 Å². The lowest BCUT2D eigenvalue weighted by Crippen LogP contribution is -2.37. The predicted octanol–water partition coefficient (Wildman–Crippen LogP) is 1.70. The number of nitrogens with zero attached hydrogens (tertiary/aromatic N) is 2. The van der Waals surface area contributed by atoms with Crippen molar-refractivity contribution < 1.29 is 13.2 Å². The second kappa shape index (κ2) is 7.20. The number of hydrogen-bond donors (Lipinski definition) is 1. The fourth-order valence-corrected chi connectivity index (χ4v) is 4.07. The van der Waals surface area contributed by atoms with Crippen LogP contribution in [0, 0.1) is 0 Å². The topological polar surface area (TPSA) is 71.5 Å². The maximum atomic E-state index is 12.8. The zero-order chi connectivity index (χ0) is 15.3. The van der Waals surface area contributed by atoms with Gasteiger partial charge in [-0.15, -0.1) is 0 Å². The second-order valence-electron chi connectivity index (χ2n) is 4.99. The van der Waals surface area contributed by atoms with Gasteiger partial charge in [-0.3, -0.25) is 4.98 Å². The first-order valence-corrected chi connectivity index (χ1v) is 8.83. The highest BCUT2D eigenvalue weighted by Gasteiger charge is 2.29. The van der Waals surface area contributed by atoms with E-state index in [4.69, 9.17) is 4.74 Å². The zero-order valence-corrected chi connectivity index (χ0v) is 13.4. The van der Waals surface area contributed by atoms with Crippen LogP contribution in [0.25, 0.3) is 0 Å². The third kappa shape index (κ3) is 3.72. The molecule has 0 aromatic carbocycles. The van der Waals surface area contributed by atoms with Crippen LogP contribution >= 0.6 is 0 Å². The van der Waals surface area contributed by atoms with Crippen LogP contribution in [0.1, 0.15) is 26.7 Å². The fraction of sp³-hybridized carbons (Fsp3) is 0.643. The summed E-state index contributed by atoms with van der Waals surface area (Å²) in [6, 6.07) is 1.69. The van der Waals surface area contributed by atoms with Crippen molar-refractivity contribution in [1.29, 1.82) is 0 Å². The number of nitrogens with one attached hydrogen (secondary N) is 1. The van der Waals surface area contributed by atoms with Gasteiger partial charge in [0.25, 0.3) is 0 Å². The first kappa shape index (κ1) is 16.2. The molecule has 2 heterocycles. The molecule has 7 heteroatoms. The molecule has 6 nitrogen and oxygen atoms in total. The number of pyridine rings is 1. The lowest BCUT2D eigenvalue weighted by Gasteiger charge is -2.24. The molecule has 1 fully saturated rings. The van der Waals surface area contributed by atoms with E-state index in [0.29, 0.717) is 25.3 Å². The molecule has 1 N–H and O–H groups in total. The third-order valence-corrected chi connectivity index (χ3v) is 5.52. The Bertz CT molecular complexity index is 556. The molecular formula is C14H23N3O3S. The Hall–Kier alpha value is -1.18. The van der Waals surface area contributed by atoms with Gasteiger partial charge in [-0.25, -0.2) is 8.42 Å². The van der Waals surface area contributed by atoms with Crippen molar-refractivity contribution in [3.05, 3.63) is 18.5 Å². The van der Waals surface area contributed by atoms with Crippen molar-refractivity contribution >= 4 is 15.7 Å². The molecular weight excluding hydrogens is 290 g/mol. The van der Waals surface area contributed by atoms with Gasteiger partial charge in [-0.05, 0) is 25.8 Å². The van der Waals surface area contributed by atoms with Crippen molar-refractivity contribution in [1.82, 2.24) is 9.29 Å². The Balaban J connectivity index is 2.25. The van der Waals surface area contributed by atoms with E-state index in [1.807, 2.05) is 13.8 Å². The number of hydrogen-bond acceptors (Lipinski definition) is 5. The molecule has 0 bridgehead atoms. The molecule has 1 aromatic heterocycles. The number of likely N-dealkylation sites (N-methyl/N-ethyl adjacent to an activating group) is 1. The Labute approximate surface area is 126 Å². The van der Waals surface area contributed by atoms with Crippen molar-refractivity contribution in [2.75, 3.05) is 31.6 Å². The van der Waals surface area contributed by atoms with E-state index in [0.717, 1.165) is 19.4 Å². The minimum Gasteiger partial charge on any atom is -0.384 e. The van der Waals surface area contributed by atoms with Crippen molar-refractivity contribution in [3.8, 4) is 0 Å². The van der Waals surface area contributed by atoms with Gasteiger partial charge in [0.2, 0.25) is 10.0 Å². The van der Waals surface area contributed by atoms with Crippen LogP contribution < -0.4 is 5.32 Å². The maximum Gasteiger partial charge on any atom is 0.246 e. The monoisotopic (exact) mass is 313 g/mol. The normalized spacial score (nSPS) is 19.1. The average molecular weight is 313 g/mol. The van der Waals surface area contributed by atoms with Gasteiger partial charge < -0.3 is 10.1 Å². The molecule has 1 aromatic rings. The summed E-state index contributed by atoms with van der Waals surface area (Å²) in [6.07, 6.45) is 4.91. The Morgan fingerprint density at radius 3 is 2.90 bits per heavy atom. The van der Waals surface area contributed by atoms with E-state index < -0.39 is 10.0 Å². The minimum atomic E-state index is -3.56. The lowest BCUT2D eigenvalue weighted by molar-refractivity contribution is 0.0947. The summed E-state index contributed by atoms with van der Waals surface area (Å²) in [4.78, 5) is 4.19. The SMILES string of the molecule is CCNc1ccncc1S(=O)(=O)N(CC)CC1CCCO1. The Kier molecular flexibility index (Phi) is 5.55. The van der Waals surface area contributed by atoms with E-state index in [9.17, 15) is 8.42 Å². The van der Waals surface area contributed by atoms with Gasteiger partial charge >= 0.3 is 0 Å². The standard InChI is InChI=1S/C14H23N3O3S/c1-3-16-13-7-8-15-10-14(13)21(18,19)17(4-2)11-12-6-5-9-20-12/h7-8,10,12H,3-6,9,11H2,1-2H3,(H,15,16). The smallest absolute Gasteiger partial charge is 0.246 e.